The molecule has 7 heteroatoms. The van der Waals surface area contributed by atoms with Gasteiger partial charge < -0.3 is 19.2 Å². The second-order valence-corrected chi connectivity index (χ2v) is 7.64. The summed E-state index contributed by atoms with van der Waals surface area (Å²) in [5, 5.41) is 4.19. The molecule has 4 aromatic rings. The maximum absolute atomic E-state index is 5.74. The zero-order valence-electron chi connectivity index (χ0n) is 16.3. The molecule has 0 bridgehead atoms. The Bertz CT molecular complexity index is 1110. The van der Waals surface area contributed by atoms with E-state index in [1.54, 1.807) is 12.5 Å². The molecular formula is C23H21N5OS. The summed E-state index contributed by atoms with van der Waals surface area (Å²) in [6, 6.07) is 18.1. The molecule has 0 amide bonds. The van der Waals surface area contributed by atoms with Crippen LogP contribution in [0.3, 0.4) is 0 Å². The van der Waals surface area contributed by atoms with Crippen molar-refractivity contribution in [3.8, 4) is 0 Å². The van der Waals surface area contributed by atoms with Crippen molar-refractivity contribution >= 4 is 17.3 Å². The highest BCUT2D eigenvalue weighted by molar-refractivity contribution is 7.80. The summed E-state index contributed by atoms with van der Waals surface area (Å²) in [4.78, 5) is 11.0. The van der Waals surface area contributed by atoms with E-state index >= 15 is 0 Å². The summed E-state index contributed by atoms with van der Waals surface area (Å²) in [6.07, 6.45) is 9.31. The number of thiocarbonyl (C=S) groups is 1. The van der Waals surface area contributed by atoms with Gasteiger partial charge in [-0.25, -0.2) is 0 Å². The average molecular weight is 416 g/mol. The number of hydrogen-bond donors (Lipinski definition) is 1. The van der Waals surface area contributed by atoms with Crippen LogP contribution in [-0.2, 0) is 13.1 Å². The predicted molar refractivity (Wildman–Crippen MR) is 117 cm³/mol. The number of nitrogens with zero attached hydrogens (tertiary/aromatic N) is 4. The molecule has 0 unspecified atom stereocenters. The Morgan fingerprint density at radius 1 is 1.00 bits per heavy atom. The standard InChI is InChI=1S/C23H21N5OS/c30-23-26-21(19-8-1-2-11-25-19)22(28(23)16-18-7-5-13-29-18)20-9-4-12-27(20)15-17-6-3-10-24-14-17/h1-14,21-22H,15-16H2,(H,26,30)/t21-,22+/m1/s1. The maximum Gasteiger partial charge on any atom is 0.170 e. The first kappa shape index (κ1) is 18.6. The number of pyridine rings is 2. The van der Waals surface area contributed by atoms with Crippen molar-refractivity contribution in [3.05, 3.63) is 108 Å². The average Bonchev–Trinajstić information content (AvgIpc) is 3.52. The van der Waals surface area contributed by atoms with Crippen LogP contribution in [0, 0.1) is 0 Å². The van der Waals surface area contributed by atoms with Gasteiger partial charge in [-0.15, -0.1) is 0 Å². The van der Waals surface area contributed by atoms with Crippen LogP contribution >= 0.6 is 12.2 Å². The number of furan rings is 1. The zero-order valence-corrected chi connectivity index (χ0v) is 17.1. The van der Waals surface area contributed by atoms with Gasteiger partial charge in [0.2, 0.25) is 0 Å². The van der Waals surface area contributed by atoms with Gasteiger partial charge in [0.25, 0.3) is 0 Å². The fourth-order valence-corrected chi connectivity index (χ4v) is 4.30. The molecule has 1 N–H and O–H groups in total. The van der Waals surface area contributed by atoms with Gasteiger partial charge in [-0.3, -0.25) is 9.97 Å². The van der Waals surface area contributed by atoms with Gasteiger partial charge in [-0.05, 0) is 60.2 Å². The third kappa shape index (κ3) is 3.59. The molecule has 1 aliphatic heterocycles. The van der Waals surface area contributed by atoms with Gasteiger partial charge in [0.05, 0.1) is 30.6 Å². The van der Waals surface area contributed by atoms with Gasteiger partial charge in [0, 0.05) is 37.0 Å². The number of aromatic nitrogens is 3. The summed E-state index contributed by atoms with van der Waals surface area (Å²) < 4.78 is 7.87. The van der Waals surface area contributed by atoms with E-state index in [-0.39, 0.29) is 12.1 Å². The molecule has 0 aromatic carbocycles. The van der Waals surface area contributed by atoms with Crippen molar-refractivity contribution in [1.29, 1.82) is 0 Å². The molecule has 4 aromatic heterocycles. The third-order valence-electron chi connectivity index (χ3n) is 5.35. The predicted octanol–water partition coefficient (Wildman–Crippen LogP) is 4.09. The minimum absolute atomic E-state index is 0.0239. The first-order valence-electron chi connectivity index (χ1n) is 9.84. The minimum atomic E-state index is -0.0591. The lowest BCUT2D eigenvalue weighted by molar-refractivity contribution is 0.277. The lowest BCUT2D eigenvalue weighted by Crippen LogP contribution is -2.30. The molecule has 1 aliphatic rings. The first-order chi connectivity index (χ1) is 14.8. The molecule has 1 fully saturated rings. The molecule has 2 atom stereocenters. The van der Waals surface area contributed by atoms with E-state index in [0.29, 0.717) is 11.7 Å². The minimum Gasteiger partial charge on any atom is -0.467 e. The fourth-order valence-electron chi connectivity index (χ4n) is 4.00. The largest absolute Gasteiger partial charge is 0.467 e. The van der Waals surface area contributed by atoms with Gasteiger partial charge in [0.1, 0.15) is 5.76 Å². The summed E-state index contributed by atoms with van der Waals surface area (Å²) >= 11 is 5.74. The van der Waals surface area contributed by atoms with Gasteiger partial charge >= 0.3 is 0 Å². The lowest BCUT2D eigenvalue weighted by Gasteiger charge is -2.28. The lowest BCUT2D eigenvalue weighted by atomic mass is 10.0. The van der Waals surface area contributed by atoms with Crippen LogP contribution in [0.25, 0.3) is 0 Å². The Morgan fingerprint density at radius 3 is 2.73 bits per heavy atom. The van der Waals surface area contributed by atoms with Gasteiger partial charge in [-0.2, -0.15) is 0 Å². The van der Waals surface area contributed by atoms with Crippen LogP contribution in [0.4, 0.5) is 0 Å². The van der Waals surface area contributed by atoms with Crippen LogP contribution in [0.2, 0.25) is 0 Å². The Hall–Kier alpha value is -3.45. The highest BCUT2D eigenvalue weighted by Gasteiger charge is 2.41. The van der Waals surface area contributed by atoms with E-state index in [9.17, 15) is 0 Å². The second-order valence-electron chi connectivity index (χ2n) is 7.26. The number of hydrogen-bond acceptors (Lipinski definition) is 4. The molecule has 0 saturated carbocycles. The Balaban J connectivity index is 1.54. The van der Waals surface area contributed by atoms with E-state index in [4.69, 9.17) is 16.6 Å². The molecule has 1 saturated heterocycles. The number of rotatable bonds is 6. The van der Waals surface area contributed by atoms with Gasteiger partial charge in [0.15, 0.2) is 5.11 Å². The van der Waals surface area contributed by atoms with Crippen molar-refractivity contribution < 1.29 is 4.42 Å². The molecule has 5 heterocycles. The van der Waals surface area contributed by atoms with Crippen LogP contribution < -0.4 is 5.32 Å². The molecule has 150 valence electrons. The molecule has 6 nitrogen and oxygen atoms in total. The van der Waals surface area contributed by atoms with Crippen LogP contribution in [0.15, 0.2) is 90.1 Å². The monoisotopic (exact) mass is 415 g/mol. The molecular weight excluding hydrogens is 394 g/mol. The van der Waals surface area contributed by atoms with Crippen LogP contribution in [0.1, 0.15) is 34.8 Å². The molecule has 0 spiro atoms. The SMILES string of the molecule is S=C1N[C@H](c2ccccn2)[C@H](c2cccn2Cc2cccnc2)N1Cc1ccco1. The Labute approximate surface area is 180 Å². The molecule has 0 radical (unpaired) electrons. The van der Waals surface area contributed by atoms with Crippen LogP contribution in [-0.4, -0.2) is 24.5 Å². The molecule has 30 heavy (non-hydrogen) atoms. The van der Waals surface area contributed by atoms with E-state index < -0.39 is 0 Å². The number of nitrogens with one attached hydrogen (secondary N) is 1. The van der Waals surface area contributed by atoms with E-state index in [0.717, 1.165) is 29.3 Å². The zero-order chi connectivity index (χ0) is 20.3. The normalized spacial score (nSPS) is 18.5. The Morgan fingerprint density at radius 2 is 1.97 bits per heavy atom. The van der Waals surface area contributed by atoms with E-state index in [1.165, 1.54) is 0 Å². The summed E-state index contributed by atoms with van der Waals surface area (Å²) in [5.41, 5.74) is 3.27. The van der Waals surface area contributed by atoms with Crippen molar-refractivity contribution in [1.82, 2.24) is 24.8 Å². The van der Waals surface area contributed by atoms with Crippen molar-refractivity contribution in [2.45, 2.75) is 25.2 Å². The smallest absolute Gasteiger partial charge is 0.170 e. The summed E-state index contributed by atoms with van der Waals surface area (Å²) in [5.74, 6) is 0.871. The van der Waals surface area contributed by atoms with E-state index in [1.807, 2.05) is 48.8 Å². The molecule has 0 aliphatic carbocycles. The third-order valence-corrected chi connectivity index (χ3v) is 5.70. The van der Waals surface area contributed by atoms with Crippen LogP contribution in [0.5, 0.6) is 0 Å². The Kier molecular flexibility index (Phi) is 5.03. The second kappa shape index (κ2) is 8.12. The fraction of sp³-hybridized carbons (Fsp3) is 0.174. The van der Waals surface area contributed by atoms with Crippen molar-refractivity contribution in [3.63, 3.8) is 0 Å². The quantitative estimate of drug-likeness (QED) is 0.479. The highest BCUT2D eigenvalue weighted by Crippen LogP contribution is 2.39. The topological polar surface area (TPSA) is 59.1 Å². The molecule has 5 rings (SSSR count). The highest BCUT2D eigenvalue weighted by atomic mass is 32.1. The van der Waals surface area contributed by atoms with Crippen molar-refractivity contribution in [2.75, 3.05) is 0 Å². The van der Waals surface area contributed by atoms with Crippen molar-refractivity contribution in [2.24, 2.45) is 0 Å². The summed E-state index contributed by atoms with van der Waals surface area (Å²) in [6.45, 7) is 1.33. The van der Waals surface area contributed by atoms with Gasteiger partial charge in [-0.1, -0.05) is 12.1 Å². The maximum atomic E-state index is 5.74. The first-order valence-corrected chi connectivity index (χ1v) is 10.2. The summed E-state index contributed by atoms with van der Waals surface area (Å²) in [7, 11) is 0. The van der Waals surface area contributed by atoms with E-state index in [2.05, 4.69) is 49.1 Å².